The first-order valence-electron chi connectivity index (χ1n) is 8.37. The van der Waals surface area contributed by atoms with Crippen LogP contribution in [0.1, 0.15) is 44.9 Å². The lowest BCUT2D eigenvalue weighted by molar-refractivity contribution is -0.141. The predicted molar refractivity (Wildman–Crippen MR) is 90.4 cm³/mol. The molecular weight excluding hydrogens is 310 g/mol. The van der Waals surface area contributed by atoms with Crippen LogP contribution in [0.15, 0.2) is 35.2 Å². The normalized spacial score (nSPS) is 26.1. The van der Waals surface area contributed by atoms with Crippen LogP contribution in [0.3, 0.4) is 0 Å². The zero-order chi connectivity index (χ0) is 16.3. The quantitative estimate of drug-likeness (QED) is 0.866. The Morgan fingerprint density at radius 2 is 1.83 bits per heavy atom. The largest absolute Gasteiger partial charge is 0.481 e. The van der Waals surface area contributed by atoms with Gasteiger partial charge in [-0.25, -0.2) is 0 Å². The van der Waals surface area contributed by atoms with Crippen molar-refractivity contribution in [2.75, 3.05) is 0 Å². The van der Waals surface area contributed by atoms with Gasteiger partial charge in [-0.05, 0) is 44.2 Å². The van der Waals surface area contributed by atoms with E-state index in [1.807, 2.05) is 30.3 Å². The summed E-state index contributed by atoms with van der Waals surface area (Å²) >= 11 is 1.67. The van der Waals surface area contributed by atoms with E-state index in [9.17, 15) is 9.59 Å². The molecule has 2 saturated carbocycles. The predicted octanol–water partition coefficient (Wildman–Crippen LogP) is 3.46. The summed E-state index contributed by atoms with van der Waals surface area (Å²) in [5, 5.41) is 12.2. The number of aliphatic carboxylic acids is 1. The van der Waals surface area contributed by atoms with E-state index >= 15 is 0 Å². The summed E-state index contributed by atoms with van der Waals surface area (Å²) in [6, 6.07) is 10.1. The average Bonchev–Trinajstić information content (AvgIpc) is 3.18. The van der Waals surface area contributed by atoms with Crippen LogP contribution in [0.2, 0.25) is 0 Å². The smallest absolute Gasteiger partial charge is 0.306 e. The van der Waals surface area contributed by atoms with Gasteiger partial charge in [0, 0.05) is 10.9 Å². The molecule has 23 heavy (non-hydrogen) atoms. The number of carboxylic acids is 1. The SMILES string of the molecule is O=C(O)[C@@H]1CC[C@H](NC(=O)C2(Sc3ccccc3)CCCC2)C1. The van der Waals surface area contributed by atoms with E-state index in [1.165, 1.54) is 0 Å². The first-order chi connectivity index (χ1) is 11.1. The third-order valence-corrected chi connectivity index (χ3v) is 6.49. The van der Waals surface area contributed by atoms with Crippen molar-refractivity contribution in [3.63, 3.8) is 0 Å². The first kappa shape index (κ1) is 16.4. The van der Waals surface area contributed by atoms with E-state index in [0.717, 1.165) is 37.0 Å². The lowest BCUT2D eigenvalue weighted by Crippen LogP contribution is -2.46. The summed E-state index contributed by atoms with van der Waals surface area (Å²) < 4.78 is -0.386. The topological polar surface area (TPSA) is 66.4 Å². The van der Waals surface area contributed by atoms with Gasteiger partial charge in [-0.3, -0.25) is 9.59 Å². The molecule has 0 radical (unpaired) electrons. The van der Waals surface area contributed by atoms with Gasteiger partial charge >= 0.3 is 5.97 Å². The second-order valence-electron chi connectivity index (χ2n) is 6.64. The van der Waals surface area contributed by atoms with Crippen molar-refractivity contribution in [2.24, 2.45) is 5.92 Å². The summed E-state index contributed by atoms with van der Waals surface area (Å²) in [6.07, 6.45) is 5.95. The van der Waals surface area contributed by atoms with Crippen LogP contribution in [0, 0.1) is 5.92 Å². The van der Waals surface area contributed by atoms with Crippen LogP contribution < -0.4 is 5.32 Å². The van der Waals surface area contributed by atoms with Crippen LogP contribution in [-0.4, -0.2) is 27.8 Å². The Morgan fingerprint density at radius 3 is 2.43 bits per heavy atom. The average molecular weight is 333 g/mol. The van der Waals surface area contributed by atoms with E-state index in [0.29, 0.717) is 12.8 Å². The van der Waals surface area contributed by atoms with Gasteiger partial charge in [0.05, 0.1) is 10.7 Å². The van der Waals surface area contributed by atoms with Gasteiger partial charge in [-0.15, -0.1) is 11.8 Å². The fraction of sp³-hybridized carbons (Fsp3) is 0.556. The maximum atomic E-state index is 12.9. The highest BCUT2D eigenvalue weighted by molar-refractivity contribution is 8.01. The summed E-state index contributed by atoms with van der Waals surface area (Å²) in [6.45, 7) is 0. The molecule has 2 fully saturated rings. The molecule has 2 N–H and O–H groups in total. The third-order valence-electron chi connectivity index (χ3n) is 5.00. The molecular formula is C18H23NO3S. The molecule has 5 heteroatoms. The Hall–Kier alpha value is -1.49. The van der Waals surface area contributed by atoms with Crippen LogP contribution >= 0.6 is 11.8 Å². The highest BCUT2D eigenvalue weighted by Gasteiger charge is 2.43. The van der Waals surface area contributed by atoms with Gasteiger partial charge in [-0.1, -0.05) is 31.0 Å². The van der Waals surface area contributed by atoms with Crippen molar-refractivity contribution in [1.29, 1.82) is 0 Å². The van der Waals surface area contributed by atoms with Crippen LogP contribution in [0.4, 0.5) is 0 Å². The van der Waals surface area contributed by atoms with Crippen molar-refractivity contribution < 1.29 is 14.7 Å². The molecule has 0 aliphatic heterocycles. The fourth-order valence-corrected chi connectivity index (χ4v) is 5.08. The van der Waals surface area contributed by atoms with Gasteiger partial charge in [0.2, 0.25) is 5.91 Å². The number of nitrogens with one attached hydrogen (secondary N) is 1. The van der Waals surface area contributed by atoms with Crippen molar-refractivity contribution in [2.45, 2.75) is 60.6 Å². The molecule has 1 amide bonds. The van der Waals surface area contributed by atoms with E-state index in [1.54, 1.807) is 11.8 Å². The van der Waals surface area contributed by atoms with Crippen LogP contribution in [0.5, 0.6) is 0 Å². The molecule has 0 heterocycles. The maximum Gasteiger partial charge on any atom is 0.306 e. The molecule has 124 valence electrons. The van der Waals surface area contributed by atoms with E-state index < -0.39 is 5.97 Å². The summed E-state index contributed by atoms with van der Waals surface area (Å²) in [5.74, 6) is -0.947. The maximum absolute atomic E-state index is 12.9. The minimum Gasteiger partial charge on any atom is -0.481 e. The van der Waals surface area contributed by atoms with E-state index in [-0.39, 0.29) is 22.6 Å². The van der Waals surface area contributed by atoms with Crippen LogP contribution in [-0.2, 0) is 9.59 Å². The molecule has 2 aliphatic rings. The lowest BCUT2D eigenvalue weighted by Gasteiger charge is -2.29. The Kier molecular flexibility index (Phi) is 4.95. The first-order valence-corrected chi connectivity index (χ1v) is 9.18. The fourth-order valence-electron chi connectivity index (χ4n) is 3.69. The molecule has 0 unspecified atom stereocenters. The Bertz CT molecular complexity index is 569. The molecule has 0 spiro atoms. The molecule has 1 aromatic carbocycles. The molecule has 0 aromatic heterocycles. The number of thioether (sulfide) groups is 1. The number of hydrogen-bond acceptors (Lipinski definition) is 3. The molecule has 0 bridgehead atoms. The molecule has 0 saturated heterocycles. The zero-order valence-corrected chi connectivity index (χ0v) is 14.0. The van der Waals surface area contributed by atoms with E-state index in [4.69, 9.17) is 5.11 Å². The minimum atomic E-state index is -0.740. The van der Waals surface area contributed by atoms with Crippen molar-refractivity contribution in [3.8, 4) is 0 Å². The van der Waals surface area contributed by atoms with Gasteiger partial charge < -0.3 is 10.4 Å². The highest BCUT2D eigenvalue weighted by atomic mass is 32.2. The number of carbonyl (C=O) groups is 2. The Labute approximate surface area is 141 Å². The monoisotopic (exact) mass is 333 g/mol. The molecule has 2 atom stereocenters. The zero-order valence-electron chi connectivity index (χ0n) is 13.2. The highest BCUT2D eigenvalue weighted by Crippen LogP contribution is 2.45. The molecule has 3 rings (SSSR count). The van der Waals surface area contributed by atoms with Crippen molar-refractivity contribution in [1.82, 2.24) is 5.32 Å². The number of hydrogen-bond donors (Lipinski definition) is 2. The second kappa shape index (κ2) is 6.95. The lowest BCUT2D eigenvalue weighted by atomic mass is 10.0. The number of carboxylic acid groups (broad SMARTS) is 1. The van der Waals surface area contributed by atoms with E-state index in [2.05, 4.69) is 5.32 Å². The summed E-state index contributed by atoms with van der Waals surface area (Å²) in [5.41, 5.74) is 0. The second-order valence-corrected chi connectivity index (χ2v) is 8.09. The van der Waals surface area contributed by atoms with Crippen molar-refractivity contribution in [3.05, 3.63) is 30.3 Å². The molecule has 4 nitrogen and oxygen atoms in total. The minimum absolute atomic E-state index is 0.0115. The number of amides is 1. The van der Waals surface area contributed by atoms with Gasteiger partial charge in [0.25, 0.3) is 0 Å². The number of carbonyl (C=O) groups excluding carboxylic acids is 1. The Balaban J connectivity index is 1.66. The number of benzene rings is 1. The van der Waals surface area contributed by atoms with Crippen LogP contribution in [0.25, 0.3) is 0 Å². The molecule has 1 aromatic rings. The van der Waals surface area contributed by atoms with Crippen molar-refractivity contribution >= 4 is 23.6 Å². The van der Waals surface area contributed by atoms with Gasteiger partial charge in [-0.2, -0.15) is 0 Å². The van der Waals surface area contributed by atoms with Gasteiger partial charge in [0.15, 0.2) is 0 Å². The molecule has 2 aliphatic carbocycles. The third kappa shape index (κ3) is 3.71. The number of rotatable bonds is 5. The summed E-state index contributed by atoms with van der Waals surface area (Å²) in [7, 11) is 0. The Morgan fingerprint density at radius 1 is 1.13 bits per heavy atom. The standard InChI is InChI=1S/C18H23NO3S/c20-16(21)13-8-9-14(12-13)19-17(22)18(10-4-5-11-18)23-15-6-2-1-3-7-15/h1-3,6-7,13-14H,4-5,8-12H2,(H,19,22)(H,20,21)/t13-,14+/m1/s1. The van der Waals surface area contributed by atoms with Gasteiger partial charge in [0.1, 0.15) is 0 Å². The summed E-state index contributed by atoms with van der Waals surface area (Å²) in [4.78, 5) is 25.1.